The minimum atomic E-state index is 0.523. The molecule has 0 aromatic heterocycles. The van der Waals surface area contributed by atoms with Crippen LogP contribution in [0.2, 0.25) is 0 Å². The van der Waals surface area contributed by atoms with E-state index >= 15 is 0 Å². The number of rotatable bonds is 2. The van der Waals surface area contributed by atoms with Crippen molar-refractivity contribution in [3.63, 3.8) is 0 Å². The summed E-state index contributed by atoms with van der Waals surface area (Å²) in [6, 6.07) is 0. The Kier molecular flexibility index (Phi) is 26.9. The fourth-order valence-electron chi connectivity index (χ4n) is 0.250. The van der Waals surface area contributed by atoms with Crippen molar-refractivity contribution < 1.29 is 11.2 Å². The summed E-state index contributed by atoms with van der Waals surface area (Å²) in [5.74, 6) is 0. The van der Waals surface area contributed by atoms with Gasteiger partial charge in [0.1, 0.15) is 0 Å². The van der Waals surface area contributed by atoms with E-state index in [0.717, 1.165) is 0 Å². The van der Waals surface area contributed by atoms with Gasteiger partial charge in [-0.1, -0.05) is 13.8 Å². The summed E-state index contributed by atoms with van der Waals surface area (Å²) >= 11 is 5.30. The summed E-state index contributed by atoms with van der Waals surface area (Å²) in [4.78, 5) is 0. The van der Waals surface area contributed by atoms with E-state index in [1.54, 1.807) is 0 Å². The summed E-state index contributed by atoms with van der Waals surface area (Å²) in [5, 5.41) is 0. The molecular formula is C4H11I2PPt. The second-order valence-electron chi connectivity index (χ2n) is 1.00. The molecule has 0 radical (unpaired) electrons. The van der Waals surface area contributed by atoms with Crippen LogP contribution in [0.25, 0.3) is 0 Å². The average Bonchev–Trinajstić information content (AvgIpc) is 1.71. The fourth-order valence-corrected chi connectivity index (χ4v) is 0.750. The van der Waals surface area contributed by atoms with E-state index in [0.29, 0.717) is 11.2 Å². The second kappa shape index (κ2) is 16.3. The van der Waals surface area contributed by atoms with Crippen LogP contribution in [-0.2, 0) is 11.2 Å². The quantitative estimate of drug-likeness (QED) is 0.373. The molecule has 0 aliphatic rings. The van der Waals surface area contributed by atoms with Gasteiger partial charge in [0.15, 0.2) is 0 Å². The van der Waals surface area contributed by atoms with Gasteiger partial charge in [0.05, 0.1) is 0 Å². The molecule has 0 bridgehead atoms. The van der Waals surface area contributed by atoms with Crippen molar-refractivity contribution in [2.45, 2.75) is 13.8 Å². The van der Waals surface area contributed by atoms with Gasteiger partial charge in [0, 0.05) is 0 Å². The molecule has 4 heteroatoms. The molecule has 0 rings (SSSR count). The van der Waals surface area contributed by atoms with E-state index in [1.165, 1.54) is 20.9 Å². The molecule has 0 aromatic carbocycles. The summed E-state index contributed by atoms with van der Waals surface area (Å²) in [5.41, 5.74) is 0. The molecule has 0 saturated heterocycles. The van der Waals surface area contributed by atoms with Crippen LogP contribution in [0, 0.1) is 0 Å². The maximum atomic E-state index is 2.39. The van der Waals surface area contributed by atoms with Gasteiger partial charge in [0.2, 0.25) is 0 Å². The Labute approximate surface area is 83.3 Å². The first-order valence-electron chi connectivity index (χ1n) is 2.36. The van der Waals surface area contributed by atoms with Crippen molar-refractivity contribution in [3.8, 4) is 0 Å². The SMILES string of the molecule is CCPCC.[I][Pt][I]. The molecule has 0 unspecified atom stereocenters. The molecule has 0 amide bonds. The second-order valence-corrected chi connectivity index (χ2v) is 19.5. The molecule has 0 saturated carbocycles. The van der Waals surface area contributed by atoms with Crippen LogP contribution in [0.15, 0.2) is 0 Å². The molecule has 0 heterocycles. The normalized spacial score (nSPS) is 8.00. The zero-order valence-electron chi connectivity index (χ0n) is 4.99. The molecule has 8 heavy (non-hydrogen) atoms. The fraction of sp³-hybridized carbons (Fsp3) is 1.00. The van der Waals surface area contributed by atoms with E-state index < -0.39 is 0 Å². The molecule has 0 atom stereocenters. The third kappa shape index (κ3) is 23.5. The van der Waals surface area contributed by atoms with Crippen molar-refractivity contribution in [1.29, 1.82) is 0 Å². The van der Waals surface area contributed by atoms with Crippen LogP contribution in [-0.4, -0.2) is 12.3 Å². The Bertz CT molecular complexity index is 28.0. The van der Waals surface area contributed by atoms with Gasteiger partial charge in [-0.15, -0.1) is 8.58 Å². The molecule has 0 fully saturated rings. The van der Waals surface area contributed by atoms with E-state index in [9.17, 15) is 0 Å². The molecular weight excluding hydrogens is 528 g/mol. The van der Waals surface area contributed by atoms with Crippen LogP contribution in [0.5, 0.6) is 0 Å². The third-order valence-corrected chi connectivity index (χ3v) is 1.50. The Morgan fingerprint density at radius 1 is 1.25 bits per heavy atom. The monoisotopic (exact) mass is 539 g/mol. The summed E-state index contributed by atoms with van der Waals surface area (Å²) in [6.45, 7) is 4.45. The standard InChI is InChI=1S/C4H11P.2HI.Pt/c1-3-5-4-2;;;/h5H,3-4H2,1-2H3;2*1H;/q;;;+2/p-2. The van der Waals surface area contributed by atoms with Crippen LogP contribution in [0.1, 0.15) is 13.8 Å². The van der Waals surface area contributed by atoms with Gasteiger partial charge in [-0.3, -0.25) is 0 Å². The molecule has 0 aliphatic carbocycles. The average molecular weight is 539 g/mol. The summed E-state index contributed by atoms with van der Waals surface area (Å²) in [7, 11) is 1.20. The van der Waals surface area contributed by atoms with Gasteiger partial charge in [-0.25, -0.2) is 0 Å². The van der Waals surface area contributed by atoms with Gasteiger partial charge in [-0.2, -0.15) is 0 Å². The van der Waals surface area contributed by atoms with Crippen molar-refractivity contribution in [2.75, 3.05) is 12.3 Å². The molecule has 0 aliphatic heterocycles. The number of hydrogen-bond donors (Lipinski definition) is 0. The zero-order valence-corrected chi connectivity index (χ0v) is 12.6. The van der Waals surface area contributed by atoms with Crippen molar-refractivity contribution in [1.82, 2.24) is 0 Å². The van der Waals surface area contributed by atoms with Crippen molar-refractivity contribution in [2.24, 2.45) is 0 Å². The van der Waals surface area contributed by atoms with Gasteiger partial charge >= 0.3 is 49.9 Å². The number of halogens is 2. The minimum absolute atomic E-state index is 0.523. The van der Waals surface area contributed by atoms with E-state index in [1.807, 2.05) is 0 Å². The van der Waals surface area contributed by atoms with Crippen LogP contribution < -0.4 is 0 Å². The topological polar surface area (TPSA) is 0 Å². The number of hydrogen-bond acceptors (Lipinski definition) is 0. The first kappa shape index (κ1) is 13.2. The summed E-state index contributed by atoms with van der Waals surface area (Å²) < 4.78 is 0. The van der Waals surface area contributed by atoms with E-state index in [4.69, 9.17) is 0 Å². The van der Waals surface area contributed by atoms with Crippen LogP contribution in [0.3, 0.4) is 0 Å². The first-order chi connectivity index (χ1) is 3.83. The molecule has 0 N–H and O–H groups in total. The first-order valence-corrected chi connectivity index (χ1v) is 16.7. The Balaban J connectivity index is 0. The predicted molar refractivity (Wildman–Crippen MR) is 57.4 cm³/mol. The molecule has 56 valence electrons. The van der Waals surface area contributed by atoms with Gasteiger partial charge < -0.3 is 0 Å². The van der Waals surface area contributed by atoms with Crippen LogP contribution in [0.4, 0.5) is 0 Å². The zero-order chi connectivity index (χ0) is 6.83. The van der Waals surface area contributed by atoms with E-state index in [-0.39, 0.29) is 0 Å². The Morgan fingerprint density at radius 3 is 1.50 bits per heavy atom. The Morgan fingerprint density at radius 2 is 1.50 bits per heavy atom. The van der Waals surface area contributed by atoms with E-state index in [2.05, 4.69) is 52.6 Å². The molecule has 0 aromatic rings. The Hall–Kier alpha value is 2.58. The third-order valence-electron chi connectivity index (χ3n) is 0.500. The maximum absolute atomic E-state index is 2.39. The predicted octanol–water partition coefficient (Wildman–Crippen LogP) is 3.47. The molecule has 0 nitrogen and oxygen atoms in total. The van der Waals surface area contributed by atoms with Gasteiger partial charge in [0.25, 0.3) is 0 Å². The van der Waals surface area contributed by atoms with Crippen molar-refractivity contribution >= 4 is 47.3 Å². The molecule has 0 spiro atoms. The van der Waals surface area contributed by atoms with Gasteiger partial charge in [-0.05, 0) is 12.3 Å². The van der Waals surface area contributed by atoms with Crippen molar-refractivity contribution in [3.05, 3.63) is 0 Å². The van der Waals surface area contributed by atoms with Crippen LogP contribution >= 0.6 is 47.3 Å². The summed E-state index contributed by atoms with van der Waals surface area (Å²) in [6.07, 6.45) is 2.74.